The highest BCUT2D eigenvalue weighted by Gasteiger charge is 2.35. The van der Waals surface area contributed by atoms with Gasteiger partial charge in [0.05, 0.1) is 45.9 Å². The van der Waals surface area contributed by atoms with Gasteiger partial charge in [0.15, 0.2) is 11.5 Å². The maximum atomic E-state index is 14.5. The zero-order valence-corrected chi connectivity index (χ0v) is 27.0. The van der Waals surface area contributed by atoms with Gasteiger partial charge in [0.25, 0.3) is 5.56 Å². The van der Waals surface area contributed by atoms with Gasteiger partial charge in [-0.3, -0.25) is 14.4 Å². The molecule has 45 heavy (non-hydrogen) atoms. The number of methoxy groups -OCH3 is 4. The van der Waals surface area contributed by atoms with Crippen LogP contribution in [0, 0.1) is 0 Å². The summed E-state index contributed by atoms with van der Waals surface area (Å²) in [6, 6.07) is 16.5. The number of ether oxygens (including phenoxy) is 4. The topological polar surface area (TPSA) is 121 Å². The summed E-state index contributed by atoms with van der Waals surface area (Å²) in [5.41, 5.74) is 0.754. The Morgan fingerprint density at radius 2 is 1.49 bits per heavy atom. The molecule has 11 nitrogen and oxygen atoms in total. The van der Waals surface area contributed by atoms with E-state index in [1.807, 2.05) is 32.9 Å². The second-order valence-electron chi connectivity index (χ2n) is 11.6. The molecule has 1 aromatic heterocycles. The summed E-state index contributed by atoms with van der Waals surface area (Å²) in [5.74, 6) is 0.893. The number of amides is 2. The highest BCUT2D eigenvalue weighted by Crippen LogP contribution is 2.41. The average molecular weight is 617 g/mol. The molecule has 4 aromatic rings. The SMILES string of the molecule is COc1ccc(CN(C(=O)Cc2nn(C)c(=O)c3ccccc23)C(C(=O)NC(C)(C)C)c2cc(OC)c(OC)c(OC)c2)cc1. The number of nitrogens with zero attached hydrogens (tertiary/aromatic N) is 3. The van der Waals surface area contributed by atoms with E-state index in [0.717, 1.165) is 5.56 Å². The molecule has 3 aromatic carbocycles. The highest BCUT2D eigenvalue weighted by atomic mass is 16.5. The van der Waals surface area contributed by atoms with Crippen LogP contribution in [0.25, 0.3) is 10.8 Å². The molecule has 1 N–H and O–H groups in total. The molecule has 0 spiro atoms. The van der Waals surface area contributed by atoms with E-state index in [0.29, 0.717) is 45.0 Å². The minimum absolute atomic E-state index is 0.0748. The molecule has 0 aliphatic rings. The Bertz CT molecular complexity index is 1720. The van der Waals surface area contributed by atoms with E-state index >= 15 is 0 Å². The third kappa shape index (κ3) is 7.36. The molecule has 1 atom stereocenters. The standard InChI is InChI=1S/C34H40N4O7/c1-34(2,3)35-32(40)30(22-17-27(43-6)31(45-8)28(18-22)44-7)38(20-21-13-15-23(42-5)16-14-21)29(39)19-26-24-11-9-10-12-25(24)33(41)37(4)36-26/h9-18,30H,19-20H2,1-8H3,(H,35,40). The van der Waals surface area contributed by atoms with E-state index in [1.165, 1.54) is 30.9 Å². The molecular weight excluding hydrogens is 576 g/mol. The molecule has 0 aliphatic heterocycles. The van der Waals surface area contributed by atoms with Crippen LogP contribution in [0.3, 0.4) is 0 Å². The van der Waals surface area contributed by atoms with Crippen molar-refractivity contribution in [1.82, 2.24) is 20.0 Å². The van der Waals surface area contributed by atoms with Gasteiger partial charge in [0, 0.05) is 24.5 Å². The number of fused-ring (bicyclic) bond motifs is 1. The summed E-state index contributed by atoms with van der Waals surface area (Å²) in [5, 5.41) is 8.52. The number of aromatic nitrogens is 2. The molecule has 0 fully saturated rings. The first-order chi connectivity index (χ1) is 21.4. The number of nitrogens with one attached hydrogen (secondary N) is 1. The number of benzene rings is 3. The third-order valence-corrected chi connectivity index (χ3v) is 7.25. The Labute approximate surface area is 262 Å². The van der Waals surface area contributed by atoms with E-state index in [2.05, 4.69) is 10.4 Å². The smallest absolute Gasteiger partial charge is 0.274 e. The van der Waals surface area contributed by atoms with E-state index in [1.54, 1.807) is 62.7 Å². The fourth-order valence-electron chi connectivity index (χ4n) is 5.17. The second kappa shape index (κ2) is 13.7. The number of carbonyl (C=O) groups excluding carboxylic acids is 2. The molecule has 0 saturated carbocycles. The molecule has 0 bridgehead atoms. The van der Waals surface area contributed by atoms with Crippen LogP contribution in [0.4, 0.5) is 0 Å². The Balaban J connectivity index is 1.91. The quantitative estimate of drug-likeness (QED) is 0.266. The molecule has 11 heteroatoms. The van der Waals surface area contributed by atoms with Gasteiger partial charge in [0.2, 0.25) is 17.6 Å². The predicted molar refractivity (Wildman–Crippen MR) is 171 cm³/mol. The summed E-state index contributed by atoms with van der Waals surface area (Å²) < 4.78 is 23.3. The average Bonchev–Trinajstić information content (AvgIpc) is 3.02. The number of hydrogen-bond donors (Lipinski definition) is 1. The van der Waals surface area contributed by atoms with Crippen molar-refractivity contribution in [1.29, 1.82) is 0 Å². The van der Waals surface area contributed by atoms with Crippen LogP contribution in [0.5, 0.6) is 23.0 Å². The van der Waals surface area contributed by atoms with Gasteiger partial charge >= 0.3 is 0 Å². The van der Waals surface area contributed by atoms with Crippen LogP contribution in [0.1, 0.15) is 43.6 Å². The normalized spacial score (nSPS) is 11.9. The second-order valence-corrected chi connectivity index (χ2v) is 11.6. The summed E-state index contributed by atoms with van der Waals surface area (Å²) in [6.07, 6.45) is -0.172. The zero-order chi connectivity index (χ0) is 32.9. The minimum atomic E-state index is -1.12. The molecule has 0 saturated heterocycles. The fourth-order valence-corrected chi connectivity index (χ4v) is 5.17. The van der Waals surface area contributed by atoms with Gasteiger partial charge in [0.1, 0.15) is 11.8 Å². The number of carbonyl (C=O) groups is 2. The number of aryl methyl sites for hydroxylation is 1. The first kappa shape index (κ1) is 32.8. The number of rotatable bonds is 11. The van der Waals surface area contributed by atoms with Crippen molar-refractivity contribution in [2.24, 2.45) is 7.05 Å². The first-order valence-electron chi connectivity index (χ1n) is 14.4. The van der Waals surface area contributed by atoms with Crippen molar-refractivity contribution >= 4 is 22.6 Å². The lowest BCUT2D eigenvalue weighted by Gasteiger charge is -2.34. The monoisotopic (exact) mass is 616 g/mol. The lowest BCUT2D eigenvalue weighted by Crippen LogP contribution is -2.49. The Kier molecular flexibility index (Phi) is 10.0. The van der Waals surface area contributed by atoms with Gasteiger partial charge in [-0.15, -0.1) is 0 Å². The van der Waals surface area contributed by atoms with Crippen LogP contribution < -0.4 is 29.8 Å². The molecule has 238 valence electrons. The van der Waals surface area contributed by atoms with E-state index < -0.39 is 17.5 Å². The van der Waals surface area contributed by atoms with Crippen LogP contribution in [-0.4, -0.2) is 60.5 Å². The fraction of sp³-hybridized carbons (Fsp3) is 0.353. The van der Waals surface area contributed by atoms with Crippen molar-refractivity contribution in [3.8, 4) is 23.0 Å². The highest BCUT2D eigenvalue weighted by molar-refractivity contribution is 5.92. The van der Waals surface area contributed by atoms with Crippen molar-refractivity contribution in [2.75, 3.05) is 28.4 Å². The van der Waals surface area contributed by atoms with Crippen LogP contribution in [-0.2, 0) is 29.6 Å². The summed E-state index contributed by atoms with van der Waals surface area (Å²) in [7, 11) is 7.60. The molecule has 0 aliphatic carbocycles. The number of hydrogen-bond acceptors (Lipinski definition) is 8. The Hall–Kier alpha value is -5.06. The molecular formula is C34H40N4O7. The predicted octanol–water partition coefficient (Wildman–Crippen LogP) is 4.20. The van der Waals surface area contributed by atoms with E-state index in [4.69, 9.17) is 18.9 Å². The van der Waals surface area contributed by atoms with Gasteiger partial charge < -0.3 is 29.2 Å². The molecule has 1 heterocycles. The van der Waals surface area contributed by atoms with Gasteiger partial charge in [-0.1, -0.05) is 30.3 Å². The van der Waals surface area contributed by atoms with Crippen LogP contribution >= 0.6 is 0 Å². The summed E-state index contributed by atoms with van der Waals surface area (Å²) in [6.45, 7) is 5.68. The lowest BCUT2D eigenvalue weighted by molar-refractivity contribution is -0.141. The Morgan fingerprint density at radius 1 is 0.889 bits per heavy atom. The van der Waals surface area contributed by atoms with Crippen molar-refractivity contribution in [2.45, 2.75) is 45.3 Å². The van der Waals surface area contributed by atoms with Crippen molar-refractivity contribution < 1.29 is 28.5 Å². The van der Waals surface area contributed by atoms with E-state index in [-0.39, 0.29) is 24.4 Å². The zero-order valence-electron chi connectivity index (χ0n) is 27.0. The van der Waals surface area contributed by atoms with E-state index in [9.17, 15) is 14.4 Å². The van der Waals surface area contributed by atoms with Gasteiger partial charge in [-0.2, -0.15) is 5.10 Å². The lowest BCUT2D eigenvalue weighted by atomic mass is 9.98. The minimum Gasteiger partial charge on any atom is -0.497 e. The maximum absolute atomic E-state index is 14.5. The maximum Gasteiger partial charge on any atom is 0.274 e. The summed E-state index contributed by atoms with van der Waals surface area (Å²) in [4.78, 5) is 43.0. The van der Waals surface area contributed by atoms with Crippen LogP contribution in [0.15, 0.2) is 65.5 Å². The molecule has 4 rings (SSSR count). The van der Waals surface area contributed by atoms with Gasteiger partial charge in [-0.05, 0) is 62.2 Å². The van der Waals surface area contributed by atoms with Crippen molar-refractivity contribution in [3.63, 3.8) is 0 Å². The largest absolute Gasteiger partial charge is 0.497 e. The molecule has 1 unspecified atom stereocenters. The third-order valence-electron chi connectivity index (χ3n) is 7.25. The van der Waals surface area contributed by atoms with Crippen molar-refractivity contribution in [3.05, 3.63) is 87.8 Å². The Morgan fingerprint density at radius 3 is 2.02 bits per heavy atom. The first-order valence-corrected chi connectivity index (χ1v) is 14.4. The van der Waals surface area contributed by atoms with Gasteiger partial charge in [-0.25, -0.2) is 4.68 Å². The van der Waals surface area contributed by atoms with Crippen LogP contribution in [0.2, 0.25) is 0 Å². The molecule has 0 radical (unpaired) electrons. The summed E-state index contributed by atoms with van der Waals surface area (Å²) >= 11 is 0. The molecule has 2 amide bonds.